The van der Waals surface area contributed by atoms with Crippen LogP contribution in [-0.4, -0.2) is 30.4 Å². The number of rotatable bonds is 4. The van der Waals surface area contributed by atoms with Crippen molar-refractivity contribution >= 4 is 0 Å². The Morgan fingerprint density at radius 2 is 2.00 bits per heavy atom. The maximum Gasteiger partial charge on any atom is 0.123 e. The van der Waals surface area contributed by atoms with Gasteiger partial charge in [0.25, 0.3) is 0 Å². The van der Waals surface area contributed by atoms with Gasteiger partial charge in [0, 0.05) is 0 Å². The Morgan fingerprint density at radius 1 is 1.32 bits per heavy atom. The van der Waals surface area contributed by atoms with Crippen LogP contribution >= 0.6 is 0 Å². The summed E-state index contributed by atoms with van der Waals surface area (Å²) < 4.78 is 5.94. The lowest BCUT2D eigenvalue weighted by Gasteiger charge is -2.32. The van der Waals surface area contributed by atoms with Crippen molar-refractivity contribution in [2.45, 2.75) is 45.1 Å². The fraction of sp³-hybridized carbons (Fsp3) is 0.625. The van der Waals surface area contributed by atoms with E-state index in [1.165, 1.54) is 11.1 Å². The van der Waals surface area contributed by atoms with E-state index in [0.717, 1.165) is 31.7 Å². The molecule has 0 unspecified atom stereocenters. The molecule has 1 fully saturated rings. The second-order valence-electron chi connectivity index (χ2n) is 5.96. The monoisotopic (exact) mass is 263 g/mol. The first-order chi connectivity index (χ1) is 9.00. The lowest BCUT2D eigenvalue weighted by atomic mass is 9.93. The van der Waals surface area contributed by atoms with Crippen LogP contribution in [0.15, 0.2) is 18.2 Å². The van der Waals surface area contributed by atoms with Crippen molar-refractivity contribution in [2.75, 3.05) is 19.7 Å². The standard InChI is InChI=1S/C16H25NO2/c1-12(2)14-5-4-13(3)10-15(14)19-11-16(18)6-8-17-9-7-16/h4-5,10,12,17-18H,6-9,11H2,1-3H3. The van der Waals surface area contributed by atoms with Crippen LogP contribution in [0.1, 0.15) is 43.7 Å². The summed E-state index contributed by atoms with van der Waals surface area (Å²) in [5.41, 5.74) is 1.73. The molecule has 0 amide bonds. The minimum atomic E-state index is -0.677. The van der Waals surface area contributed by atoms with Gasteiger partial charge in [-0.1, -0.05) is 26.0 Å². The van der Waals surface area contributed by atoms with Crippen molar-refractivity contribution in [1.29, 1.82) is 0 Å². The predicted molar refractivity (Wildman–Crippen MR) is 77.8 cm³/mol. The van der Waals surface area contributed by atoms with Gasteiger partial charge in [0.1, 0.15) is 18.0 Å². The maximum atomic E-state index is 10.5. The molecule has 0 aliphatic carbocycles. The molecule has 2 rings (SSSR count). The number of aliphatic hydroxyl groups is 1. The Bertz CT molecular complexity index is 423. The molecule has 1 aliphatic rings. The topological polar surface area (TPSA) is 41.5 Å². The quantitative estimate of drug-likeness (QED) is 0.877. The van der Waals surface area contributed by atoms with Gasteiger partial charge in [0.05, 0.1) is 0 Å². The van der Waals surface area contributed by atoms with Crippen LogP contribution in [0.3, 0.4) is 0 Å². The molecule has 106 valence electrons. The van der Waals surface area contributed by atoms with Crippen molar-refractivity contribution in [3.63, 3.8) is 0 Å². The number of ether oxygens (including phenoxy) is 1. The van der Waals surface area contributed by atoms with Gasteiger partial charge in [-0.3, -0.25) is 0 Å². The lowest BCUT2D eigenvalue weighted by Crippen LogP contribution is -2.46. The van der Waals surface area contributed by atoms with Crippen LogP contribution in [0.25, 0.3) is 0 Å². The largest absolute Gasteiger partial charge is 0.490 e. The molecule has 0 radical (unpaired) electrons. The summed E-state index contributed by atoms with van der Waals surface area (Å²) >= 11 is 0. The molecule has 0 atom stereocenters. The Morgan fingerprint density at radius 3 is 2.63 bits per heavy atom. The molecule has 0 bridgehead atoms. The highest BCUT2D eigenvalue weighted by Crippen LogP contribution is 2.29. The average molecular weight is 263 g/mol. The normalized spacial score (nSPS) is 18.6. The van der Waals surface area contributed by atoms with E-state index in [-0.39, 0.29) is 0 Å². The summed E-state index contributed by atoms with van der Waals surface area (Å²) in [5, 5.41) is 13.7. The first-order valence-electron chi connectivity index (χ1n) is 7.17. The minimum Gasteiger partial charge on any atom is -0.490 e. The number of piperidine rings is 1. The Balaban J connectivity index is 2.07. The summed E-state index contributed by atoms with van der Waals surface area (Å²) in [6.45, 7) is 8.51. The van der Waals surface area contributed by atoms with Crippen molar-refractivity contribution in [2.24, 2.45) is 0 Å². The number of hydrogen-bond donors (Lipinski definition) is 2. The molecular weight excluding hydrogens is 238 g/mol. The SMILES string of the molecule is Cc1ccc(C(C)C)c(OCC2(O)CCNCC2)c1. The summed E-state index contributed by atoms with van der Waals surface area (Å²) in [6.07, 6.45) is 1.52. The van der Waals surface area contributed by atoms with Crippen molar-refractivity contribution in [1.82, 2.24) is 5.32 Å². The van der Waals surface area contributed by atoms with E-state index < -0.39 is 5.60 Å². The molecule has 2 N–H and O–H groups in total. The first kappa shape index (κ1) is 14.4. The zero-order valence-electron chi connectivity index (χ0n) is 12.2. The molecule has 1 heterocycles. The van der Waals surface area contributed by atoms with Crippen molar-refractivity contribution < 1.29 is 9.84 Å². The van der Waals surface area contributed by atoms with Crippen molar-refractivity contribution in [3.8, 4) is 5.75 Å². The maximum absolute atomic E-state index is 10.5. The van der Waals surface area contributed by atoms with Gasteiger partial charge in [0.15, 0.2) is 0 Å². The minimum absolute atomic E-state index is 0.387. The van der Waals surface area contributed by atoms with E-state index >= 15 is 0 Å². The summed E-state index contributed by atoms with van der Waals surface area (Å²) in [4.78, 5) is 0. The molecule has 1 saturated heterocycles. The van der Waals surface area contributed by atoms with Crippen LogP contribution in [0.2, 0.25) is 0 Å². The van der Waals surface area contributed by atoms with Gasteiger partial charge < -0.3 is 15.2 Å². The number of aryl methyl sites for hydroxylation is 1. The summed E-state index contributed by atoms with van der Waals surface area (Å²) in [6, 6.07) is 6.31. The van der Waals surface area contributed by atoms with Gasteiger partial charge >= 0.3 is 0 Å². The molecule has 19 heavy (non-hydrogen) atoms. The van der Waals surface area contributed by atoms with E-state index in [9.17, 15) is 5.11 Å². The lowest BCUT2D eigenvalue weighted by molar-refractivity contribution is -0.0288. The molecule has 1 aliphatic heterocycles. The molecule has 1 aromatic rings. The van der Waals surface area contributed by atoms with Gasteiger partial charge in [-0.2, -0.15) is 0 Å². The number of nitrogens with one attached hydrogen (secondary N) is 1. The van der Waals surface area contributed by atoms with Crippen LogP contribution in [0.4, 0.5) is 0 Å². The molecule has 0 aromatic heterocycles. The van der Waals surface area contributed by atoms with Gasteiger partial charge in [-0.25, -0.2) is 0 Å². The average Bonchev–Trinajstić information content (AvgIpc) is 2.37. The highest BCUT2D eigenvalue weighted by atomic mass is 16.5. The van der Waals surface area contributed by atoms with Crippen LogP contribution in [-0.2, 0) is 0 Å². The molecule has 3 nitrogen and oxygen atoms in total. The van der Waals surface area contributed by atoms with Crippen LogP contribution in [0, 0.1) is 6.92 Å². The number of hydrogen-bond acceptors (Lipinski definition) is 3. The van der Waals surface area contributed by atoms with Gasteiger partial charge in [0.2, 0.25) is 0 Å². The van der Waals surface area contributed by atoms with E-state index in [1.807, 2.05) is 0 Å². The van der Waals surface area contributed by atoms with E-state index in [4.69, 9.17) is 4.74 Å². The molecule has 3 heteroatoms. The molecule has 0 saturated carbocycles. The zero-order valence-corrected chi connectivity index (χ0v) is 12.2. The van der Waals surface area contributed by atoms with E-state index in [0.29, 0.717) is 12.5 Å². The zero-order chi connectivity index (χ0) is 13.9. The highest BCUT2D eigenvalue weighted by molar-refractivity contribution is 5.39. The smallest absolute Gasteiger partial charge is 0.123 e. The highest BCUT2D eigenvalue weighted by Gasteiger charge is 2.30. The van der Waals surface area contributed by atoms with Crippen LogP contribution in [0.5, 0.6) is 5.75 Å². The van der Waals surface area contributed by atoms with E-state index in [2.05, 4.69) is 44.3 Å². The summed E-state index contributed by atoms with van der Waals surface area (Å²) in [7, 11) is 0. The molecular formula is C16H25NO2. The molecule has 1 aromatic carbocycles. The third-order valence-corrected chi connectivity index (χ3v) is 3.82. The third kappa shape index (κ3) is 3.71. The fourth-order valence-corrected chi connectivity index (χ4v) is 2.49. The fourth-order valence-electron chi connectivity index (χ4n) is 2.49. The first-order valence-corrected chi connectivity index (χ1v) is 7.17. The van der Waals surface area contributed by atoms with E-state index in [1.54, 1.807) is 0 Å². The summed E-state index contributed by atoms with van der Waals surface area (Å²) in [5.74, 6) is 1.35. The number of benzene rings is 1. The van der Waals surface area contributed by atoms with Crippen molar-refractivity contribution in [3.05, 3.63) is 29.3 Å². The molecule has 0 spiro atoms. The Hall–Kier alpha value is -1.06. The Kier molecular flexibility index (Phi) is 4.48. The van der Waals surface area contributed by atoms with Gasteiger partial charge in [-0.05, 0) is 56.0 Å². The Labute approximate surface area is 116 Å². The van der Waals surface area contributed by atoms with Gasteiger partial charge in [-0.15, -0.1) is 0 Å². The second kappa shape index (κ2) is 5.93. The third-order valence-electron chi connectivity index (χ3n) is 3.82. The van der Waals surface area contributed by atoms with Crippen LogP contribution < -0.4 is 10.1 Å². The second-order valence-corrected chi connectivity index (χ2v) is 5.96. The predicted octanol–water partition coefficient (Wildman–Crippen LogP) is 2.61.